The molecular formula is C28H27BrN2O4. The molecule has 2 heterocycles. The molecule has 35 heavy (non-hydrogen) atoms. The molecule has 1 saturated heterocycles. The van der Waals surface area contributed by atoms with Gasteiger partial charge in [0.2, 0.25) is 0 Å². The first-order valence-corrected chi connectivity index (χ1v) is 12.4. The van der Waals surface area contributed by atoms with Gasteiger partial charge in [0, 0.05) is 60.4 Å². The van der Waals surface area contributed by atoms with Gasteiger partial charge in [0.25, 0.3) is 0 Å². The zero-order valence-electron chi connectivity index (χ0n) is 19.6. The largest absolute Gasteiger partial charge is 0.497 e. The van der Waals surface area contributed by atoms with Crippen LogP contribution in [0, 0.1) is 0 Å². The topological polar surface area (TPSA) is 55.2 Å². The van der Waals surface area contributed by atoms with E-state index in [2.05, 4.69) is 37.9 Å². The van der Waals surface area contributed by atoms with E-state index in [1.165, 1.54) is 5.69 Å². The molecule has 0 spiro atoms. The summed E-state index contributed by atoms with van der Waals surface area (Å²) in [5, 5.41) is 0.942. The zero-order chi connectivity index (χ0) is 24.2. The van der Waals surface area contributed by atoms with E-state index in [9.17, 15) is 4.79 Å². The van der Waals surface area contributed by atoms with Crippen LogP contribution in [-0.4, -0.2) is 38.2 Å². The van der Waals surface area contributed by atoms with Gasteiger partial charge in [0.15, 0.2) is 0 Å². The molecule has 0 bridgehead atoms. The Kier molecular flexibility index (Phi) is 7.06. The van der Waals surface area contributed by atoms with Crippen LogP contribution >= 0.6 is 15.9 Å². The van der Waals surface area contributed by atoms with Crippen LogP contribution in [0.1, 0.15) is 11.1 Å². The molecule has 4 aromatic rings. The molecule has 0 aliphatic carbocycles. The third-order valence-electron chi connectivity index (χ3n) is 6.30. The van der Waals surface area contributed by atoms with Crippen LogP contribution in [0.4, 0.5) is 5.69 Å². The summed E-state index contributed by atoms with van der Waals surface area (Å²) in [6, 6.07) is 23.5. The second-order valence-corrected chi connectivity index (χ2v) is 9.54. The Morgan fingerprint density at radius 1 is 0.914 bits per heavy atom. The SMILES string of the molecule is COc1ccc(N2CCN(Cc3cc(=O)oc4cc(OCc5cccc(Br)c5)ccc34)CC2)cc1. The molecule has 180 valence electrons. The molecule has 0 amide bonds. The molecule has 1 aromatic heterocycles. The Morgan fingerprint density at radius 3 is 2.43 bits per heavy atom. The van der Waals surface area contributed by atoms with E-state index in [1.54, 1.807) is 19.2 Å². The second-order valence-electron chi connectivity index (χ2n) is 8.63. The van der Waals surface area contributed by atoms with E-state index in [-0.39, 0.29) is 5.63 Å². The van der Waals surface area contributed by atoms with E-state index < -0.39 is 0 Å². The Morgan fingerprint density at radius 2 is 1.69 bits per heavy atom. The van der Waals surface area contributed by atoms with Gasteiger partial charge in [0.1, 0.15) is 23.7 Å². The highest BCUT2D eigenvalue weighted by atomic mass is 79.9. The second kappa shape index (κ2) is 10.5. The van der Waals surface area contributed by atoms with Crippen molar-refractivity contribution in [2.24, 2.45) is 0 Å². The molecule has 6 nitrogen and oxygen atoms in total. The molecule has 0 atom stereocenters. The summed E-state index contributed by atoms with van der Waals surface area (Å²) in [5.41, 5.74) is 3.45. The van der Waals surface area contributed by atoms with Gasteiger partial charge in [-0.25, -0.2) is 4.79 Å². The van der Waals surface area contributed by atoms with Crippen molar-refractivity contribution in [2.45, 2.75) is 13.2 Å². The lowest BCUT2D eigenvalue weighted by molar-refractivity contribution is 0.250. The number of hydrogen-bond donors (Lipinski definition) is 0. The smallest absolute Gasteiger partial charge is 0.336 e. The van der Waals surface area contributed by atoms with Gasteiger partial charge in [-0.05, 0) is 59.7 Å². The van der Waals surface area contributed by atoms with E-state index >= 15 is 0 Å². The summed E-state index contributed by atoms with van der Waals surface area (Å²) in [6.45, 7) is 4.84. The van der Waals surface area contributed by atoms with Gasteiger partial charge in [-0.3, -0.25) is 4.90 Å². The molecule has 1 aliphatic rings. The minimum Gasteiger partial charge on any atom is -0.497 e. The maximum Gasteiger partial charge on any atom is 0.336 e. The summed E-state index contributed by atoms with van der Waals surface area (Å²) >= 11 is 3.48. The minimum absolute atomic E-state index is 0.339. The molecule has 7 heteroatoms. The highest BCUT2D eigenvalue weighted by Gasteiger charge is 2.19. The lowest BCUT2D eigenvalue weighted by Crippen LogP contribution is -2.46. The van der Waals surface area contributed by atoms with Crippen LogP contribution in [-0.2, 0) is 13.2 Å². The summed E-state index contributed by atoms with van der Waals surface area (Å²) in [4.78, 5) is 17.1. The van der Waals surface area contributed by atoms with Gasteiger partial charge < -0.3 is 18.8 Å². The van der Waals surface area contributed by atoms with Gasteiger partial charge in [-0.1, -0.05) is 28.1 Å². The summed E-state index contributed by atoms with van der Waals surface area (Å²) < 4.78 is 17.7. The Balaban J connectivity index is 1.25. The van der Waals surface area contributed by atoms with E-state index in [0.29, 0.717) is 24.5 Å². The molecule has 5 rings (SSSR count). The van der Waals surface area contributed by atoms with Crippen molar-refractivity contribution in [3.8, 4) is 11.5 Å². The molecule has 0 N–H and O–H groups in total. The van der Waals surface area contributed by atoms with Crippen molar-refractivity contribution in [1.29, 1.82) is 0 Å². The lowest BCUT2D eigenvalue weighted by Gasteiger charge is -2.36. The Labute approximate surface area is 212 Å². The third kappa shape index (κ3) is 5.69. The molecule has 1 fully saturated rings. The van der Waals surface area contributed by atoms with E-state index in [4.69, 9.17) is 13.9 Å². The molecule has 1 aliphatic heterocycles. The Hall–Kier alpha value is -3.29. The number of hydrogen-bond acceptors (Lipinski definition) is 6. The van der Waals surface area contributed by atoms with Crippen molar-refractivity contribution in [1.82, 2.24) is 4.90 Å². The van der Waals surface area contributed by atoms with Crippen LogP contribution in [0.5, 0.6) is 11.5 Å². The van der Waals surface area contributed by atoms with Crippen molar-refractivity contribution in [2.75, 3.05) is 38.2 Å². The molecule has 0 unspecified atom stereocenters. The predicted molar refractivity (Wildman–Crippen MR) is 141 cm³/mol. The lowest BCUT2D eigenvalue weighted by atomic mass is 10.1. The predicted octanol–water partition coefficient (Wildman–Crippen LogP) is 5.47. The maximum atomic E-state index is 12.3. The van der Waals surface area contributed by atoms with Crippen LogP contribution < -0.4 is 20.0 Å². The van der Waals surface area contributed by atoms with Crippen LogP contribution in [0.15, 0.2) is 86.5 Å². The van der Waals surface area contributed by atoms with Gasteiger partial charge in [-0.2, -0.15) is 0 Å². The molecule has 0 radical (unpaired) electrons. The monoisotopic (exact) mass is 534 g/mol. The number of rotatable bonds is 7. The first-order chi connectivity index (χ1) is 17.1. The summed E-state index contributed by atoms with van der Waals surface area (Å²) in [7, 11) is 1.68. The summed E-state index contributed by atoms with van der Waals surface area (Å²) in [5.74, 6) is 1.54. The minimum atomic E-state index is -0.339. The van der Waals surface area contributed by atoms with E-state index in [1.807, 2.05) is 48.5 Å². The quantitative estimate of drug-likeness (QED) is 0.293. The van der Waals surface area contributed by atoms with Crippen molar-refractivity contribution < 1.29 is 13.9 Å². The number of methoxy groups -OCH3 is 1. The maximum absolute atomic E-state index is 12.3. The fourth-order valence-corrected chi connectivity index (χ4v) is 4.87. The van der Waals surface area contributed by atoms with Gasteiger partial charge in [-0.15, -0.1) is 0 Å². The van der Waals surface area contributed by atoms with Crippen molar-refractivity contribution in [3.05, 3.63) is 98.8 Å². The van der Waals surface area contributed by atoms with E-state index in [0.717, 1.165) is 52.9 Å². The number of halogens is 1. The van der Waals surface area contributed by atoms with Crippen LogP contribution in [0.3, 0.4) is 0 Å². The standard InChI is InChI=1S/C28H27BrN2O4/c1-33-24-7-5-23(6-8-24)31-13-11-30(12-14-31)18-21-16-28(32)35-27-17-25(9-10-26(21)27)34-19-20-3-2-4-22(29)15-20/h2-10,15-17H,11-14,18-19H2,1H3. The van der Waals surface area contributed by atoms with Crippen molar-refractivity contribution in [3.63, 3.8) is 0 Å². The average molecular weight is 535 g/mol. The molecule has 3 aromatic carbocycles. The fraction of sp³-hybridized carbons (Fsp3) is 0.250. The first-order valence-electron chi connectivity index (χ1n) is 11.6. The third-order valence-corrected chi connectivity index (χ3v) is 6.79. The highest BCUT2D eigenvalue weighted by molar-refractivity contribution is 9.10. The van der Waals surface area contributed by atoms with Gasteiger partial charge in [0.05, 0.1) is 7.11 Å². The molecular weight excluding hydrogens is 508 g/mol. The number of benzene rings is 3. The van der Waals surface area contributed by atoms with Crippen molar-refractivity contribution >= 4 is 32.6 Å². The number of ether oxygens (including phenoxy) is 2. The number of piperazine rings is 1. The number of fused-ring (bicyclic) bond motifs is 1. The Bertz CT molecular complexity index is 1360. The zero-order valence-corrected chi connectivity index (χ0v) is 21.2. The van der Waals surface area contributed by atoms with Crippen LogP contribution in [0.2, 0.25) is 0 Å². The normalized spacial score (nSPS) is 14.3. The first kappa shape index (κ1) is 23.5. The van der Waals surface area contributed by atoms with Gasteiger partial charge >= 0.3 is 5.63 Å². The fourth-order valence-electron chi connectivity index (χ4n) is 4.42. The average Bonchev–Trinajstić information content (AvgIpc) is 2.88. The number of nitrogens with zero attached hydrogens (tertiary/aromatic N) is 2. The van der Waals surface area contributed by atoms with Crippen LogP contribution in [0.25, 0.3) is 11.0 Å². The molecule has 0 saturated carbocycles. The summed E-state index contributed by atoms with van der Waals surface area (Å²) in [6.07, 6.45) is 0. The number of anilines is 1. The highest BCUT2D eigenvalue weighted by Crippen LogP contribution is 2.26.